The second-order valence-corrected chi connectivity index (χ2v) is 4.87. The third-order valence-corrected chi connectivity index (χ3v) is 3.81. The zero-order valence-corrected chi connectivity index (χ0v) is 9.89. The summed E-state index contributed by atoms with van der Waals surface area (Å²) in [6.07, 6.45) is 2.28. The topological polar surface area (TPSA) is 49.8 Å². The van der Waals surface area contributed by atoms with E-state index < -0.39 is 0 Å². The summed E-state index contributed by atoms with van der Waals surface area (Å²) in [5, 5.41) is 9.77. The molecule has 0 aliphatic carbocycles. The Kier molecular flexibility index (Phi) is 3.82. The summed E-state index contributed by atoms with van der Waals surface area (Å²) >= 11 is 0. The van der Waals surface area contributed by atoms with Crippen LogP contribution in [0, 0.1) is 11.8 Å². The number of piperidine rings is 1. The molecule has 4 nitrogen and oxygen atoms in total. The molecule has 1 N–H and O–H groups in total. The van der Waals surface area contributed by atoms with Crippen LogP contribution in [0.3, 0.4) is 0 Å². The summed E-state index contributed by atoms with van der Waals surface area (Å²) in [5.41, 5.74) is 0. The van der Waals surface area contributed by atoms with Gasteiger partial charge in [0.2, 0.25) is 5.91 Å². The van der Waals surface area contributed by atoms with Gasteiger partial charge < -0.3 is 14.7 Å². The maximum Gasteiger partial charge on any atom is 0.228 e. The van der Waals surface area contributed by atoms with Gasteiger partial charge in [0, 0.05) is 25.6 Å². The molecule has 0 aromatic rings. The molecule has 3 unspecified atom stereocenters. The quantitative estimate of drug-likeness (QED) is 0.753. The number of aliphatic hydroxyl groups is 1. The van der Waals surface area contributed by atoms with E-state index in [1.807, 2.05) is 4.90 Å². The number of carbonyl (C=O) groups excluding carboxylic acids is 1. The Hall–Kier alpha value is -0.610. The highest BCUT2D eigenvalue weighted by atomic mass is 16.5. The van der Waals surface area contributed by atoms with Crippen LogP contribution in [0.5, 0.6) is 0 Å². The number of ether oxygens (including phenoxy) is 1. The predicted molar refractivity (Wildman–Crippen MR) is 59.9 cm³/mol. The fourth-order valence-corrected chi connectivity index (χ4v) is 2.61. The highest BCUT2D eigenvalue weighted by Gasteiger charge is 2.33. The molecular formula is C12H21NO3. The van der Waals surface area contributed by atoms with E-state index in [0.29, 0.717) is 26.3 Å². The standard InChI is InChI=1S/C12H21NO3/c1-2-9-7-13(5-3-11(9)14)12(15)10-4-6-16-8-10/h9-11,14H,2-8H2,1H3. The zero-order chi connectivity index (χ0) is 11.5. The molecule has 0 aromatic carbocycles. The number of carbonyl (C=O) groups is 1. The molecule has 2 rings (SSSR count). The predicted octanol–water partition coefficient (Wildman–Crippen LogP) is 0.642. The lowest BCUT2D eigenvalue weighted by atomic mass is 9.91. The van der Waals surface area contributed by atoms with Crippen molar-refractivity contribution in [3.8, 4) is 0 Å². The molecule has 2 fully saturated rings. The number of hydrogen-bond acceptors (Lipinski definition) is 3. The number of amides is 1. The molecule has 2 saturated heterocycles. The number of rotatable bonds is 2. The maximum absolute atomic E-state index is 12.1. The van der Waals surface area contributed by atoms with Gasteiger partial charge in [-0.15, -0.1) is 0 Å². The first-order valence-corrected chi connectivity index (χ1v) is 6.27. The normalized spacial score (nSPS) is 35.4. The molecule has 0 radical (unpaired) electrons. The van der Waals surface area contributed by atoms with Gasteiger partial charge in [0.1, 0.15) is 0 Å². The van der Waals surface area contributed by atoms with Crippen molar-refractivity contribution in [1.29, 1.82) is 0 Å². The van der Waals surface area contributed by atoms with Gasteiger partial charge in [-0.3, -0.25) is 4.79 Å². The minimum Gasteiger partial charge on any atom is -0.393 e. The van der Waals surface area contributed by atoms with Crippen LogP contribution in [-0.2, 0) is 9.53 Å². The lowest BCUT2D eigenvalue weighted by Crippen LogP contribution is -2.47. The molecule has 0 aromatic heterocycles. The summed E-state index contributed by atoms with van der Waals surface area (Å²) in [4.78, 5) is 14.0. The zero-order valence-electron chi connectivity index (χ0n) is 9.89. The molecule has 2 aliphatic rings. The van der Waals surface area contributed by atoms with E-state index in [0.717, 1.165) is 19.3 Å². The molecule has 1 amide bonds. The number of hydrogen-bond donors (Lipinski definition) is 1. The van der Waals surface area contributed by atoms with Gasteiger partial charge in [-0.2, -0.15) is 0 Å². The van der Waals surface area contributed by atoms with E-state index in [2.05, 4.69) is 6.92 Å². The molecule has 2 heterocycles. The Morgan fingerprint density at radius 2 is 2.31 bits per heavy atom. The van der Waals surface area contributed by atoms with Crippen LogP contribution in [0.1, 0.15) is 26.2 Å². The maximum atomic E-state index is 12.1. The van der Waals surface area contributed by atoms with Crippen molar-refractivity contribution in [1.82, 2.24) is 4.90 Å². The van der Waals surface area contributed by atoms with Crippen LogP contribution in [-0.4, -0.2) is 48.3 Å². The monoisotopic (exact) mass is 227 g/mol. The van der Waals surface area contributed by atoms with E-state index >= 15 is 0 Å². The van der Waals surface area contributed by atoms with Gasteiger partial charge in [0.05, 0.1) is 18.6 Å². The third-order valence-electron chi connectivity index (χ3n) is 3.81. The van der Waals surface area contributed by atoms with Gasteiger partial charge in [-0.25, -0.2) is 0 Å². The first-order valence-electron chi connectivity index (χ1n) is 6.27. The van der Waals surface area contributed by atoms with Gasteiger partial charge >= 0.3 is 0 Å². The Bertz CT molecular complexity index is 251. The number of aliphatic hydroxyl groups excluding tert-OH is 1. The van der Waals surface area contributed by atoms with Crippen molar-refractivity contribution in [2.45, 2.75) is 32.3 Å². The third kappa shape index (κ3) is 2.38. The Morgan fingerprint density at radius 3 is 2.94 bits per heavy atom. The lowest BCUT2D eigenvalue weighted by Gasteiger charge is -2.36. The van der Waals surface area contributed by atoms with Crippen LogP contribution >= 0.6 is 0 Å². The fourth-order valence-electron chi connectivity index (χ4n) is 2.61. The average molecular weight is 227 g/mol. The van der Waals surface area contributed by atoms with Gasteiger partial charge in [0.15, 0.2) is 0 Å². The summed E-state index contributed by atoms with van der Waals surface area (Å²) in [6, 6.07) is 0. The summed E-state index contributed by atoms with van der Waals surface area (Å²) in [7, 11) is 0. The molecule has 0 bridgehead atoms. The Balaban J connectivity index is 1.91. The summed E-state index contributed by atoms with van der Waals surface area (Å²) in [5.74, 6) is 0.538. The minimum atomic E-state index is -0.228. The highest BCUT2D eigenvalue weighted by molar-refractivity contribution is 5.79. The van der Waals surface area contributed by atoms with E-state index in [4.69, 9.17) is 4.74 Å². The first kappa shape index (κ1) is 11.9. The molecule has 3 atom stereocenters. The van der Waals surface area contributed by atoms with Crippen molar-refractivity contribution in [3.05, 3.63) is 0 Å². The largest absolute Gasteiger partial charge is 0.393 e. The van der Waals surface area contributed by atoms with E-state index in [1.54, 1.807) is 0 Å². The molecule has 0 spiro atoms. The molecule has 2 aliphatic heterocycles. The van der Waals surface area contributed by atoms with Crippen molar-refractivity contribution in [2.75, 3.05) is 26.3 Å². The van der Waals surface area contributed by atoms with Gasteiger partial charge in [-0.1, -0.05) is 6.92 Å². The van der Waals surface area contributed by atoms with E-state index in [1.165, 1.54) is 0 Å². The van der Waals surface area contributed by atoms with Crippen LogP contribution in [0.2, 0.25) is 0 Å². The molecule has 0 saturated carbocycles. The smallest absolute Gasteiger partial charge is 0.228 e. The second kappa shape index (κ2) is 5.15. The number of nitrogens with zero attached hydrogens (tertiary/aromatic N) is 1. The summed E-state index contributed by atoms with van der Waals surface area (Å²) in [6.45, 7) is 4.78. The molecule has 92 valence electrons. The fraction of sp³-hybridized carbons (Fsp3) is 0.917. The second-order valence-electron chi connectivity index (χ2n) is 4.87. The molecular weight excluding hydrogens is 206 g/mol. The van der Waals surface area contributed by atoms with Crippen LogP contribution in [0.15, 0.2) is 0 Å². The van der Waals surface area contributed by atoms with Crippen LogP contribution in [0.25, 0.3) is 0 Å². The SMILES string of the molecule is CCC1CN(C(=O)C2CCOC2)CCC1O. The van der Waals surface area contributed by atoms with E-state index in [9.17, 15) is 9.90 Å². The van der Waals surface area contributed by atoms with Crippen molar-refractivity contribution in [2.24, 2.45) is 11.8 Å². The first-order chi connectivity index (χ1) is 7.72. The van der Waals surface area contributed by atoms with Crippen molar-refractivity contribution < 1.29 is 14.6 Å². The van der Waals surface area contributed by atoms with Gasteiger partial charge in [-0.05, 0) is 19.3 Å². The molecule has 16 heavy (non-hydrogen) atoms. The average Bonchev–Trinajstić information content (AvgIpc) is 2.82. The van der Waals surface area contributed by atoms with Crippen molar-refractivity contribution >= 4 is 5.91 Å². The van der Waals surface area contributed by atoms with Crippen molar-refractivity contribution in [3.63, 3.8) is 0 Å². The Morgan fingerprint density at radius 1 is 1.50 bits per heavy atom. The lowest BCUT2D eigenvalue weighted by molar-refractivity contribution is -0.139. The minimum absolute atomic E-state index is 0.0627. The van der Waals surface area contributed by atoms with Crippen LogP contribution < -0.4 is 0 Å². The van der Waals surface area contributed by atoms with Crippen LogP contribution in [0.4, 0.5) is 0 Å². The highest BCUT2D eigenvalue weighted by Crippen LogP contribution is 2.23. The summed E-state index contributed by atoms with van der Waals surface area (Å²) < 4.78 is 5.25. The van der Waals surface area contributed by atoms with Gasteiger partial charge in [0.25, 0.3) is 0 Å². The Labute approximate surface area is 96.6 Å². The molecule has 4 heteroatoms. The van der Waals surface area contributed by atoms with E-state index in [-0.39, 0.29) is 23.8 Å². The number of likely N-dealkylation sites (tertiary alicyclic amines) is 1.